The van der Waals surface area contributed by atoms with Crippen LogP contribution < -0.4 is 0 Å². The molecule has 392 valence electrons. The molecular weight excluding hydrogens is 909 g/mol. The zero-order valence-corrected chi connectivity index (χ0v) is 44.1. The van der Waals surface area contributed by atoms with Crippen molar-refractivity contribution in [1.29, 1.82) is 0 Å². The Kier molecular flexibility index (Phi) is 27.6. The van der Waals surface area contributed by atoms with Crippen molar-refractivity contribution in [2.45, 2.75) is 165 Å². The summed E-state index contributed by atoms with van der Waals surface area (Å²) in [6.07, 6.45) is 18.9. The Labute approximate surface area is 421 Å². The van der Waals surface area contributed by atoms with Gasteiger partial charge in [0, 0.05) is 19.3 Å². The fraction of sp³-hybridized carbons (Fsp3) is 0.509. The predicted molar refractivity (Wildman–Crippen MR) is 275 cm³/mol. The van der Waals surface area contributed by atoms with Gasteiger partial charge in [0.25, 0.3) is 0 Å². The Hall–Kier alpha value is -5.64. The predicted octanol–water partition coefficient (Wildman–Crippen LogP) is 8.16. The maximum absolute atomic E-state index is 13.1. The molecule has 0 radical (unpaired) electrons. The Morgan fingerprint density at radius 2 is 1.00 bits per heavy atom. The van der Waals surface area contributed by atoms with Gasteiger partial charge in [-0.1, -0.05) is 135 Å². The Balaban J connectivity index is 0.000000820. The zero-order chi connectivity index (χ0) is 54.2. The van der Waals surface area contributed by atoms with Crippen molar-refractivity contribution in [2.24, 2.45) is 10.8 Å². The molecule has 6 unspecified atom stereocenters. The second-order valence-electron chi connectivity index (χ2n) is 19.5. The number of ether oxygens (including phenoxy) is 3. The summed E-state index contributed by atoms with van der Waals surface area (Å²) in [5.41, 5.74) is 6.57. The second-order valence-corrected chi connectivity index (χ2v) is 19.5. The van der Waals surface area contributed by atoms with Crippen molar-refractivity contribution in [1.82, 2.24) is 0 Å². The van der Waals surface area contributed by atoms with E-state index in [0.29, 0.717) is 17.6 Å². The maximum Gasteiger partial charge on any atom is 0.307 e. The number of aliphatic hydroxyl groups is 5. The molecule has 0 aliphatic heterocycles. The summed E-state index contributed by atoms with van der Waals surface area (Å²) in [5.74, 6) is -2.68. The highest BCUT2D eigenvalue weighted by molar-refractivity contribution is 6.02. The summed E-state index contributed by atoms with van der Waals surface area (Å²) in [6.45, 7) is 23.4. The number of allylic oxidation sites excluding steroid dienone is 20. The van der Waals surface area contributed by atoms with Gasteiger partial charge in [-0.15, -0.1) is 0 Å². The number of rotatable bonds is 23. The molecule has 0 bridgehead atoms. The number of hydrogen-bond donors (Lipinski definition) is 5. The first-order chi connectivity index (χ1) is 33.1. The van der Waals surface area contributed by atoms with Crippen LogP contribution in [-0.4, -0.2) is 111 Å². The molecule has 0 heterocycles. The number of esters is 3. The van der Waals surface area contributed by atoms with Gasteiger partial charge in [0.05, 0.1) is 25.9 Å². The van der Waals surface area contributed by atoms with E-state index in [4.69, 9.17) is 19.3 Å². The molecule has 0 aromatic heterocycles. The van der Waals surface area contributed by atoms with Gasteiger partial charge in [0.15, 0.2) is 23.8 Å². The monoisotopic (exact) mass is 989 g/mol. The van der Waals surface area contributed by atoms with E-state index in [1.54, 1.807) is 13.8 Å². The van der Waals surface area contributed by atoms with Gasteiger partial charge in [-0.25, -0.2) is 0 Å². The fourth-order valence-electron chi connectivity index (χ4n) is 7.47. The second kappa shape index (κ2) is 31.0. The lowest BCUT2D eigenvalue weighted by molar-refractivity contribution is -0.161. The summed E-state index contributed by atoms with van der Waals surface area (Å²) < 4.78 is 15.6. The summed E-state index contributed by atoms with van der Waals surface area (Å²) >= 11 is 0. The van der Waals surface area contributed by atoms with E-state index in [1.165, 1.54) is 12.5 Å². The van der Waals surface area contributed by atoms with Gasteiger partial charge in [-0.05, 0) is 95.4 Å². The molecule has 5 N–H and O–H groups in total. The van der Waals surface area contributed by atoms with E-state index in [1.807, 2.05) is 154 Å². The van der Waals surface area contributed by atoms with Gasteiger partial charge < -0.3 is 44.5 Å². The average molecular weight is 989 g/mol. The van der Waals surface area contributed by atoms with Gasteiger partial charge in [0.1, 0.15) is 36.8 Å². The smallest absolute Gasteiger partial charge is 0.307 e. The SMILES string of the molecule is C/C=C/C=C(C)/C=C/C1=C(C)C(=O)C(OC(=O)CCC(C)=O)CC1(C)C.CC(C)=C/C=C/C=C(C)/C=C/C=C(C)/C=C/C1=C(C)C(=O)C(OC(=O)CCC(=O)OCC(O)C(O)C(O)C(O)CO)CC1(C)C. The van der Waals surface area contributed by atoms with E-state index in [9.17, 15) is 49.2 Å². The Bertz CT molecular complexity index is 2230. The number of carbonyl (C=O) groups excluding carboxylic acids is 6. The number of carbonyl (C=O) groups is 6. The molecule has 0 fully saturated rings. The third kappa shape index (κ3) is 23.0. The van der Waals surface area contributed by atoms with Crippen molar-refractivity contribution in [3.63, 3.8) is 0 Å². The zero-order valence-electron chi connectivity index (χ0n) is 44.1. The van der Waals surface area contributed by atoms with Crippen molar-refractivity contribution in [3.8, 4) is 0 Å². The normalized spacial score (nSPS) is 20.6. The minimum Gasteiger partial charge on any atom is -0.463 e. The van der Waals surface area contributed by atoms with Crippen LogP contribution in [0.5, 0.6) is 0 Å². The summed E-state index contributed by atoms with van der Waals surface area (Å²) in [5, 5.41) is 47.4. The Morgan fingerprint density at radius 1 is 0.592 bits per heavy atom. The molecule has 6 atom stereocenters. The molecule has 2 aliphatic carbocycles. The number of aliphatic hydroxyl groups excluding tert-OH is 5. The molecule has 0 saturated heterocycles. The summed E-state index contributed by atoms with van der Waals surface area (Å²) in [6, 6.07) is 0. The number of hydrogen-bond acceptors (Lipinski definition) is 14. The highest BCUT2D eigenvalue weighted by Gasteiger charge is 2.41. The fourth-order valence-corrected chi connectivity index (χ4v) is 7.47. The molecule has 2 rings (SSSR count). The maximum atomic E-state index is 13.1. The largest absolute Gasteiger partial charge is 0.463 e. The van der Waals surface area contributed by atoms with Crippen LogP contribution in [0.1, 0.15) is 129 Å². The summed E-state index contributed by atoms with van der Waals surface area (Å²) in [4.78, 5) is 73.1. The lowest BCUT2D eigenvalue weighted by Gasteiger charge is -2.36. The van der Waals surface area contributed by atoms with Gasteiger partial charge >= 0.3 is 17.9 Å². The third-order valence-corrected chi connectivity index (χ3v) is 11.7. The van der Waals surface area contributed by atoms with Crippen LogP contribution in [0.3, 0.4) is 0 Å². The molecule has 0 saturated carbocycles. The molecular formula is C57H80O14. The van der Waals surface area contributed by atoms with Crippen LogP contribution >= 0.6 is 0 Å². The van der Waals surface area contributed by atoms with E-state index >= 15 is 0 Å². The third-order valence-electron chi connectivity index (χ3n) is 11.7. The molecule has 71 heavy (non-hydrogen) atoms. The van der Waals surface area contributed by atoms with Crippen LogP contribution in [0.15, 0.2) is 130 Å². The molecule has 0 amide bonds. The van der Waals surface area contributed by atoms with Gasteiger partial charge in [-0.3, -0.25) is 24.0 Å². The first-order valence-corrected chi connectivity index (χ1v) is 24.0. The van der Waals surface area contributed by atoms with E-state index < -0.39 is 79.6 Å². The van der Waals surface area contributed by atoms with Gasteiger partial charge in [0.2, 0.25) is 0 Å². The van der Waals surface area contributed by atoms with Crippen molar-refractivity contribution in [3.05, 3.63) is 130 Å². The van der Waals surface area contributed by atoms with Crippen LogP contribution in [0.2, 0.25) is 0 Å². The average Bonchev–Trinajstić information content (AvgIpc) is 3.29. The molecule has 14 nitrogen and oxygen atoms in total. The number of Topliss-reactive ketones (excluding diaryl/α,β-unsaturated/α-hetero) is 3. The molecule has 0 spiro atoms. The van der Waals surface area contributed by atoms with E-state index in [0.717, 1.165) is 27.9 Å². The lowest BCUT2D eigenvalue weighted by Crippen LogP contribution is -2.47. The highest BCUT2D eigenvalue weighted by Crippen LogP contribution is 2.42. The topological polar surface area (TPSA) is 231 Å². The lowest BCUT2D eigenvalue weighted by atomic mass is 9.71. The van der Waals surface area contributed by atoms with E-state index in [2.05, 4.69) is 0 Å². The van der Waals surface area contributed by atoms with Crippen LogP contribution in [0, 0.1) is 10.8 Å². The van der Waals surface area contributed by atoms with Gasteiger partial charge in [-0.2, -0.15) is 0 Å². The molecule has 14 heteroatoms. The standard InChI is InChI=1S/C35H50O10.C22H30O4/c1-22(2)11-8-9-12-23(3)13-10-14-24(4)15-16-26-25(5)32(41)29(19-35(26,6)7)45-31(40)18-17-30(39)44-21-28(38)34(43)33(42)27(37)20-36;1-7-8-9-15(2)10-12-18-17(4)21(25)19(14-22(18,5)6)26-20(24)13-11-16(3)23/h8-16,27-29,33-34,36-38,42-43H,17-21H2,1-7H3;7-10,12,19H,11,13-14H2,1-6H3/b9-8+,13-10+,16-15+,23-12+,24-14+;8-7+,12-10+,15-9+. The van der Waals surface area contributed by atoms with Crippen LogP contribution in [0.4, 0.5) is 0 Å². The van der Waals surface area contributed by atoms with Crippen LogP contribution in [0.25, 0.3) is 0 Å². The highest BCUT2D eigenvalue weighted by atomic mass is 16.6. The Morgan fingerprint density at radius 3 is 1.45 bits per heavy atom. The van der Waals surface area contributed by atoms with Crippen molar-refractivity contribution >= 4 is 35.3 Å². The molecule has 0 aromatic carbocycles. The summed E-state index contributed by atoms with van der Waals surface area (Å²) in [7, 11) is 0. The van der Waals surface area contributed by atoms with E-state index in [-0.39, 0.29) is 48.4 Å². The van der Waals surface area contributed by atoms with Crippen LogP contribution in [-0.2, 0) is 43.0 Å². The number of ketones is 3. The quantitative estimate of drug-likeness (QED) is 0.0370. The van der Waals surface area contributed by atoms with Crippen molar-refractivity contribution in [2.75, 3.05) is 13.2 Å². The molecule has 2 aliphatic rings. The minimum atomic E-state index is -1.88. The molecule has 0 aromatic rings. The van der Waals surface area contributed by atoms with Crippen molar-refractivity contribution < 1.29 is 68.5 Å². The minimum absolute atomic E-state index is 0.0179. The first-order valence-electron chi connectivity index (χ1n) is 24.0. The first kappa shape index (κ1) is 63.4.